The molecule has 0 saturated heterocycles. The van der Waals surface area contributed by atoms with Crippen LogP contribution in [0.2, 0.25) is 10.0 Å². The van der Waals surface area contributed by atoms with Gasteiger partial charge in [-0.15, -0.1) is 0 Å². The van der Waals surface area contributed by atoms with Gasteiger partial charge < -0.3 is 10.6 Å². The zero-order valence-electron chi connectivity index (χ0n) is 11.2. The molecule has 2 N–H and O–H groups in total. The Balaban J connectivity index is 2.36. The zero-order chi connectivity index (χ0) is 16.0. The first-order valence-corrected chi connectivity index (χ1v) is 6.96. The minimum absolute atomic E-state index is 0.405. The van der Waals surface area contributed by atoms with Crippen molar-refractivity contribution in [2.24, 2.45) is 0 Å². The maximum absolute atomic E-state index is 12.0. The van der Waals surface area contributed by atoms with Gasteiger partial charge in [-0.2, -0.15) is 13.2 Å². The average Bonchev–Trinajstić information content (AvgIpc) is 2.37. The maximum Gasteiger partial charge on any atom is 0.405 e. The Morgan fingerprint density at radius 3 is 2.57 bits per heavy atom. The summed E-state index contributed by atoms with van der Waals surface area (Å²) in [6.07, 6.45) is -3.88. The molecule has 1 aromatic rings. The molecule has 8 heteroatoms. The Bertz CT molecular complexity index is 495. The lowest BCUT2D eigenvalue weighted by Crippen LogP contribution is -2.45. The van der Waals surface area contributed by atoms with Gasteiger partial charge >= 0.3 is 6.18 Å². The second-order valence-corrected chi connectivity index (χ2v) is 5.34. The number of hydrogen-bond acceptors (Lipinski definition) is 2. The fraction of sp³-hybridized carbons (Fsp3) is 0.462. The number of halogens is 5. The van der Waals surface area contributed by atoms with Gasteiger partial charge in [0.15, 0.2) is 0 Å². The van der Waals surface area contributed by atoms with Gasteiger partial charge in [-0.05, 0) is 37.6 Å². The molecule has 0 spiro atoms. The molecule has 0 heterocycles. The van der Waals surface area contributed by atoms with E-state index in [1.807, 2.05) is 5.32 Å². The molecule has 21 heavy (non-hydrogen) atoms. The van der Waals surface area contributed by atoms with E-state index in [1.54, 1.807) is 18.2 Å². The lowest BCUT2D eigenvalue weighted by molar-refractivity contribution is -0.139. The van der Waals surface area contributed by atoms with Gasteiger partial charge in [-0.3, -0.25) is 4.79 Å². The summed E-state index contributed by atoms with van der Waals surface area (Å²) >= 11 is 11.8. The van der Waals surface area contributed by atoms with E-state index < -0.39 is 24.7 Å². The van der Waals surface area contributed by atoms with E-state index in [9.17, 15) is 18.0 Å². The number of carbonyl (C=O) groups is 1. The molecule has 1 amide bonds. The van der Waals surface area contributed by atoms with E-state index in [1.165, 1.54) is 6.92 Å². The summed E-state index contributed by atoms with van der Waals surface area (Å²) < 4.78 is 35.9. The smallest absolute Gasteiger partial charge is 0.346 e. The Kier molecular flexibility index (Phi) is 6.77. The van der Waals surface area contributed by atoms with Crippen LogP contribution in [0, 0.1) is 0 Å². The SMILES string of the molecule is CC(NCCc1ccc(Cl)cc1Cl)C(=O)NCC(F)(F)F. The molecule has 0 aliphatic carbocycles. The van der Waals surface area contributed by atoms with Crippen LogP contribution in [0.15, 0.2) is 18.2 Å². The Labute approximate surface area is 130 Å². The molecule has 1 atom stereocenters. The quantitative estimate of drug-likeness (QED) is 0.833. The van der Waals surface area contributed by atoms with E-state index in [0.717, 1.165) is 5.56 Å². The topological polar surface area (TPSA) is 41.1 Å². The molecule has 0 aromatic heterocycles. The van der Waals surface area contributed by atoms with Gasteiger partial charge in [-0.1, -0.05) is 29.3 Å². The van der Waals surface area contributed by atoms with Crippen molar-refractivity contribution in [2.45, 2.75) is 25.6 Å². The summed E-state index contributed by atoms with van der Waals surface area (Å²) in [5.74, 6) is -0.700. The molecule has 1 rings (SSSR count). The van der Waals surface area contributed by atoms with Crippen LogP contribution < -0.4 is 10.6 Å². The van der Waals surface area contributed by atoms with Crippen molar-refractivity contribution in [3.05, 3.63) is 33.8 Å². The lowest BCUT2D eigenvalue weighted by Gasteiger charge is -2.15. The van der Waals surface area contributed by atoms with Gasteiger partial charge in [0.1, 0.15) is 6.54 Å². The molecular weight excluding hydrogens is 328 g/mol. The van der Waals surface area contributed by atoms with E-state index in [2.05, 4.69) is 5.32 Å². The Hall–Kier alpha value is -0.980. The number of amides is 1. The van der Waals surface area contributed by atoms with Crippen molar-refractivity contribution in [3.8, 4) is 0 Å². The third-order valence-electron chi connectivity index (χ3n) is 2.72. The van der Waals surface area contributed by atoms with E-state index >= 15 is 0 Å². The number of nitrogens with one attached hydrogen (secondary N) is 2. The van der Waals surface area contributed by atoms with Crippen LogP contribution in [0.1, 0.15) is 12.5 Å². The summed E-state index contributed by atoms with van der Waals surface area (Å²) in [4.78, 5) is 11.4. The minimum Gasteiger partial charge on any atom is -0.346 e. The monoisotopic (exact) mass is 342 g/mol. The summed E-state index contributed by atoms with van der Waals surface area (Å²) in [5, 5.41) is 5.69. The third kappa shape index (κ3) is 7.02. The fourth-order valence-corrected chi connectivity index (χ4v) is 2.08. The molecular formula is C13H15Cl2F3N2O. The predicted octanol–water partition coefficient (Wildman–Crippen LogP) is 3.19. The molecule has 1 aromatic carbocycles. The number of alkyl halides is 3. The number of hydrogen-bond donors (Lipinski definition) is 2. The Morgan fingerprint density at radius 2 is 2.00 bits per heavy atom. The molecule has 0 saturated carbocycles. The van der Waals surface area contributed by atoms with Gasteiger partial charge in [0.2, 0.25) is 5.91 Å². The summed E-state index contributed by atoms with van der Waals surface area (Å²) in [7, 11) is 0. The van der Waals surface area contributed by atoms with Crippen LogP contribution in [0.25, 0.3) is 0 Å². The highest BCUT2D eigenvalue weighted by Gasteiger charge is 2.28. The van der Waals surface area contributed by atoms with Gasteiger partial charge in [0.05, 0.1) is 6.04 Å². The van der Waals surface area contributed by atoms with Crippen LogP contribution in [0.4, 0.5) is 13.2 Å². The number of rotatable bonds is 6. The normalized spacial score (nSPS) is 13.0. The minimum atomic E-state index is -4.41. The fourth-order valence-electron chi connectivity index (χ4n) is 1.58. The van der Waals surface area contributed by atoms with Crippen molar-refractivity contribution in [1.82, 2.24) is 10.6 Å². The van der Waals surface area contributed by atoms with Crippen molar-refractivity contribution in [3.63, 3.8) is 0 Å². The van der Waals surface area contributed by atoms with Crippen molar-refractivity contribution >= 4 is 29.1 Å². The summed E-state index contributed by atoms with van der Waals surface area (Å²) in [6, 6.07) is 4.35. The molecule has 0 bridgehead atoms. The van der Waals surface area contributed by atoms with Gasteiger partial charge in [0.25, 0.3) is 0 Å². The highest BCUT2D eigenvalue weighted by Crippen LogP contribution is 2.21. The molecule has 0 fully saturated rings. The third-order valence-corrected chi connectivity index (χ3v) is 3.30. The van der Waals surface area contributed by atoms with E-state index in [0.29, 0.717) is 23.0 Å². The van der Waals surface area contributed by atoms with Crippen LogP contribution in [-0.2, 0) is 11.2 Å². The van der Waals surface area contributed by atoms with Crippen molar-refractivity contribution < 1.29 is 18.0 Å². The van der Waals surface area contributed by atoms with Gasteiger partial charge in [0, 0.05) is 10.0 Å². The Morgan fingerprint density at radius 1 is 1.33 bits per heavy atom. The second kappa shape index (κ2) is 7.87. The van der Waals surface area contributed by atoms with E-state index in [-0.39, 0.29) is 0 Å². The maximum atomic E-state index is 12.0. The van der Waals surface area contributed by atoms with Gasteiger partial charge in [-0.25, -0.2) is 0 Å². The molecule has 3 nitrogen and oxygen atoms in total. The average molecular weight is 343 g/mol. The van der Waals surface area contributed by atoms with Crippen molar-refractivity contribution in [2.75, 3.05) is 13.1 Å². The van der Waals surface area contributed by atoms with Crippen LogP contribution >= 0.6 is 23.2 Å². The lowest BCUT2D eigenvalue weighted by atomic mass is 10.1. The zero-order valence-corrected chi connectivity index (χ0v) is 12.7. The largest absolute Gasteiger partial charge is 0.405 e. The van der Waals surface area contributed by atoms with Crippen LogP contribution in [-0.4, -0.2) is 31.2 Å². The van der Waals surface area contributed by atoms with Crippen LogP contribution in [0.5, 0.6) is 0 Å². The van der Waals surface area contributed by atoms with Crippen molar-refractivity contribution in [1.29, 1.82) is 0 Å². The summed E-state index contributed by atoms with van der Waals surface area (Å²) in [6.45, 7) is 0.567. The highest BCUT2D eigenvalue weighted by atomic mass is 35.5. The number of benzene rings is 1. The standard InChI is InChI=1S/C13H15Cl2F3N2O/c1-8(12(21)20-7-13(16,17)18)19-5-4-9-2-3-10(14)6-11(9)15/h2-3,6,8,19H,4-5,7H2,1H3,(H,20,21). The molecule has 0 aliphatic rings. The molecule has 0 aliphatic heterocycles. The molecule has 1 unspecified atom stereocenters. The highest BCUT2D eigenvalue weighted by molar-refractivity contribution is 6.35. The first-order chi connectivity index (χ1) is 9.69. The second-order valence-electron chi connectivity index (χ2n) is 4.49. The van der Waals surface area contributed by atoms with Crippen LogP contribution in [0.3, 0.4) is 0 Å². The summed E-state index contributed by atoms with van der Waals surface area (Å²) in [5.41, 5.74) is 0.844. The first kappa shape index (κ1) is 18.1. The first-order valence-electron chi connectivity index (χ1n) is 6.21. The predicted molar refractivity (Wildman–Crippen MR) is 76.7 cm³/mol. The molecule has 118 valence electrons. The van der Waals surface area contributed by atoms with E-state index in [4.69, 9.17) is 23.2 Å². The molecule has 0 radical (unpaired) electrons. The number of carbonyl (C=O) groups excluding carboxylic acids is 1.